The highest BCUT2D eigenvalue weighted by atomic mass is 32.2. The third kappa shape index (κ3) is 2.87. The molecule has 9 heteroatoms. The zero-order valence-corrected chi connectivity index (χ0v) is 12.0. The summed E-state index contributed by atoms with van der Waals surface area (Å²) in [5.74, 6) is -0.515. The Kier molecular flexibility index (Phi) is 3.94. The van der Waals surface area contributed by atoms with Crippen molar-refractivity contribution in [1.29, 1.82) is 0 Å². The monoisotopic (exact) mass is 336 g/mol. The van der Waals surface area contributed by atoms with Crippen molar-refractivity contribution < 1.29 is 27.1 Å². The summed E-state index contributed by atoms with van der Waals surface area (Å²) < 4.78 is 55.6. The molecular weight excluding hydrogens is 324 g/mol. The molecule has 2 aliphatic heterocycles. The highest BCUT2D eigenvalue weighted by molar-refractivity contribution is 7.99. The fraction of sp³-hybridized carbons (Fsp3) is 0.462. The van der Waals surface area contributed by atoms with Crippen LogP contribution in [0.1, 0.15) is 11.7 Å². The van der Waals surface area contributed by atoms with Crippen LogP contribution in [0.5, 0.6) is 5.75 Å². The lowest BCUT2D eigenvalue weighted by Crippen LogP contribution is -2.41. The molecule has 0 radical (unpaired) electrons. The van der Waals surface area contributed by atoms with Crippen LogP contribution in [-0.2, 0) is 4.79 Å². The minimum atomic E-state index is -4.93. The van der Waals surface area contributed by atoms with E-state index < -0.39 is 30.1 Å². The highest BCUT2D eigenvalue weighted by Gasteiger charge is 2.45. The molecule has 0 spiro atoms. The number of fused-ring (bicyclic) bond motifs is 1. The SMILES string of the molecule is O=C1NC(c2c(F)cccc2OC(F)(F)F)N2CCSCC12. The maximum absolute atomic E-state index is 14.1. The van der Waals surface area contributed by atoms with Crippen LogP contribution in [0.3, 0.4) is 0 Å². The van der Waals surface area contributed by atoms with Crippen LogP contribution in [0.15, 0.2) is 18.2 Å². The van der Waals surface area contributed by atoms with Crippen molar-refractivity contribution in [3.05, 3.63) is 29.6 Å². The molecule has 1 N–H and O–H groups in total. The van der Waals surface area contributed by atoms with E-state index >= 15 is 0 Å². The molecule has 2 saturated heterocycles. The Hall–Kier alpha value is -1.48. The maximum Gasteiger partial charge on any atom is 0.573 e. The summed E-state index contributed by atoms with van der Waals surface area (Å²) in [6.07, 6.45) is -5.88. The van der Waals surface area contributed by atoms with E-state index in [1.807, 2.05) is 0 Å². The summed E-state index contributed by atoms with van der Waals surface area (Å²) in [5.41, 5.74) is -0.289. The number of hydrogen-bond acceptors (Lipinski definition) is 4. The van der Waals surface area contributed by atoms with Gasteiger partial charge in [0.15, 0.2) is 0 Å². The first-order valence-corrected chi connectivity index (χ1v) is 7.70. The van der Waals surface area contributed by atoms with E-state index in [2.05, 4.69) is 10.1 Å². The highest BCUT2D eigenvalue weighted by Crippen LogP contribution is 2.38. The zero-order valence-electron chi connectivity index (χ0n) is 11.2. The van der Waals surface area contributed by atoms with E-state index in [4.69, 9.17) is 0 Å². The van der Waals surface area contributed by atoms with Crippen molar-refractivity contribution in [2.75, 3.05) is 18.1 Å². The van der Waals surface area contributed by atoms with Crippen LogP contribution in [0.4, 0.5) is 17.6 Å². The Morgan fingerprint density at radius 2 is 2.14 bits per heavy atom. The third-order valence-electron chi connectivity index (χ3n) is 3.60. The van der Waals surface area contributed by atoms with Crippen LogP contribution < -0.4 is 10.1 Å². The molecule has 120 valence electrons. The predicted octanol–water partition coefficient (Wildman–Crippen LogP) is 2.27. The Bertz CT molecular complexity index is 596. The van der Waals surface area contributed by atoms with Crippen molar-refractivity contribution in [2.24, 2.45) is 0 Å². The number of alkyl halides is 3. The molecule has 2 fully saturated rings. The number of benzene rings is 1. The van der Waals surface area contributed by atoms with E-state index in [0.29, 0.717) is 12.3 Å². The van der Waals surface area contributed by atoms with Crippen molar-refractivity contribution in [1.82, 2.24) is 10.2 Å². The number of rotatable bonds is 2. The Balaban J connectivity index is 1.99. The normalized spacial score (nSPS) is 25.7. The lowest BCUT2D eigenvalue weighted by molar-refractivity contribution is -0.275. The van der Waals surface area contributed by atoms with Crippen molar-refractivity contribution in [2.45, 2.75) is 18.6 Å². The van der Waals surface area contributed by atoms with Gasteiger partial charge < -0.3 is 10.1 Å². The van der Waals surface area contributed by atoms with Crippen molar-refractivity contribution in [3.8, 4) is 5.75 Å². The average Bonchev–Trinajstić information content (AvgIpc) is 2.75. The molecule has 2 atom stereocenters. The van der Waals surface area contributed by atoms with Gasteiger partial charge in [0.25, 0.3) is 0 Å². The van der Waals surface area contributed by atoms with Gasteiger partial charge in [-0.05, 0) is 12.1 Å². The summed E-state index contributed by atoms with van der Waals surface area (Å²) in [6.45, 7) is 0.485. The van der Waals surface area contributed by atoms with Gasteiger partial charge in [-0.25, -0.2) is 4.39 Å². The predicted molar refractivity (Wildman–Crippen MR) is 71.8 cm³/mol. The van der Waals surface area contributed by atoms with E-state index in [0.717, 1.165) is 24.0 Å². The summed E-state index contributed by atoms with van der Waals surface area (Å²) in [7, 11) is 0. The molecule has 2 aliphatic rings. The molecule has 1 aromatic rings. The van der Waals surface area contributed by atoms with Gasteiger partial charge >= 0.3 is 6.36 Å². The minimum Gasteiger partial charge on any atom is -0.405 e. The molecular formula is C13H12F4N2O2S. The topological polar surface area (TPSA) is 41.6 Å². The fourth-order valence-corrected chi connectivity index (χ4v) is 3.77. The molecule has 0 saturated carbocycles. The van der Waals surface area contributed by atoms with E-state index in [1.165, 1.54) is 0 Å². The van der Waals surface area contributed by atoms with Crippen LogP contribution in [0.2, 0.25) is 0 Å². The fourth-order valence-electron chi connectivity index (χ4n) is 2.70. The van der Waals surface area contributed by atoms with Gasteiger partial charge in [0.1, 0.15) is 23.8 Å². The molecule has 3 rings (SSSR count). The van der Waals surface area contributed by atoms with E-state index in [1.54, 1.807) is 16.7 Å². The number of ether oxygens (including phenoxy) is 1. The second-order valence-electron chi connectivity index (χ2n) is 4.94. The Morgan fingerprint density at radius 1 is 1.36 bits per heavy atom. The first kappa shape index (κ1) is 15.4. The van der Waals surface area contributed by atoms with Crippen molar-refractivity contribution in [3.63, 3.8) is 0 Å². The molecule has 4 nitrogen and oxygen atoms in total. The Morgan fingerprint density at radius 3 is 2.86 bits per heavy atom. The number of thioether (sulfide) groups is 1. The van der Waals surface area contributed by atoms with Crippen LogP contribution in [-0.4, -0.2) is 41.3 Å². The molecule has 1 aromatic carbocycles. The second-order valence-corrected chi connectivity index (χ2v) is 6.09. The molecule has 22 heavy (non-hydrogen) atoms. The molecule has 0 aliphatic carbocycles. The maximum atomic E-state index is 14.1. The van der Waals surface area contributed by atoms with Gasteiger partial charge in [-0.3, -0.25) is 9.69 Å². The molecule has 2 unspecified atom stereocenters. The van der Waals surface area contributed by atoms with Gasteiger partial charge in [0, 0.05) is 18.1 Å². The summed E-state index contributed by atoms with van der Waals surface area (Å²) in [6, 6.07) is 2.78. The van der Waals surface area contributed by atoms with Crippen LogP contribution >= 0.6 is 11.8 Å². The van der Waals surface area contributed by atoms with Gasteiger partial charge in [0.05, 0.1) is 5.56 Å². The molecule has 1 amide bonds. The summed E-state index contributed by atoms with van der Waals surface area (Å²) in [5, 5.41) is 2.57. The first-order valence-electron chi connectivity index (χ1n) is 6.55. The van der Waals surface area contributed by atoms with E-state index in [9.17, 15) is 22.4 Å². The number of hydrogen-bond donors (Lipinski definition) is 1. The van der Waals surface area contributed by atoms with Gasteiger partial charge in [-0.1, -0.05) is 6.07 Å². The standard InChI is InChI=1S/C13H12F4N2O2S/c14-7-2-1-3-9(21-13(15,16)17)10(7)11-18-12(20)8-6-22-5-4-19(8)11/h1-3,8,11H,4-6H2,(H,18,20). The quantitative estimate of drug-likeness (QED) is 0.842. The number of carbonyl (C=O) groups is 1. The second kappa shape index (κ2) is 5.62. The third-order valence-corrected chi connectivity index (χ3v) is 4.62. The van der Waals surface area contributed by atoms with Crippen LogP contribution in [0.25, 0.3) is 0 Å². The molecule has 2 heterocycles. The number of halogens is 4. The lowest BCUT2D eigenvalue weighted by atomic mass is 10.1. The van der Waals surface area contributed by atoms with Crippen LogP contribution in [0, 0.1) is 5.82 Å². The largest absolute Gasteiger partial charge is 0.573 e. The molecule has 0 bridgehead atoms. The average molecular weight is 336 g/mol. The minimum absolute atomic E-state index is 0.289. The molecule has 0 aromatic heterocycles. The van der Waals surface area contributed by atoms with Crippen molar-refractivity contribution >= 4 is 17.7 Å². The lowest BCUT2D eigenvalue weighted by Gasteiger charge is -2.31. The summed E-state index contributed by atoms with van der Waals surface area (Å²) >= 11 is 1.58. The smallest absolute Gasteiger partial charge is 0.405 e. The Labute approximate surface area is 127 Å². The number of amides is 1. The number of nitrogens with one attached hydrogen (secondary N) is 1. The zero-order chi connectivity index (χ0) is 15.9. The van der Waals surface area contributed by atoms with Gasteiger partial charge in [0.2, 0.25) is 5.91 Å². The number of nitrogens with zero attached hydrogens (tertiary/aromatic N) is 1. The van der Waals surface area contributed by atoms with E-state index in [-0.39, 0.29) is 11.5 Å². The number of carbonyl (C=O) groups excluding carboxylic acids is 1. The van der Waals surface area contributed by atoms with Gasteiger partial charge in [-0.15, -0.1) is 13.2 Å². The first-order chi connectivity index (χ1) is 10.4. The van der Waals surface area contributed by atoms with Gasteiger partial charge in [-0.2, -0.15) is 11.8 Å². The summed E-state index contributed by atoms with van der Waals surface area (Å²) in [4.78, 5) is 13.6.